The van der Waals surface area contributed by atoms with Crippen LogP contribution in [0.5, 0.6) is 0 Å². The van der Waals surface area contributed by atoms with Crippen LogP contribution in [-0.4, -0.2) is 38.2 Å². The molecule has 1 atom stereocenters. The minimum absolute atomic E-state index is 0.0368. The Morgan fingerprint density at radius 2 is 2.22 bits per heavy atom. The lowest BCUT2D eigenvalue weighted by Crippen LogP contribution is -2.33. The van der Waals surface area contributed by atoms with Gasteiger partial charge in [0.25, 0.3) is 5.69 Å². The van der Waals surface area contributed by atoms with Crippen molar-refractivity contribution in [3.63, 3.8) is 0 Å². The van der Waals surface area contributed by atoms with Crippen molar-refractivity contribution in [3.8, 4) is 0 Å². The zero-order valence-corrected chi connectivity index (χ0v) is 12.8. The Morgan fingerprint density at radius 1 is 1.43 bits per heavy atom. The molecule has 2 aromatic heterocycles. The number of nitro groups is 1. The van der Waals surface area contributed by atoms with Crippen LogP contribution in [0.2, 0.25) is 0 Å². The molecule has 3 heterocycles. The minimum Gasteiger partial charge on any atom is -0.358 e. The zero-order valence-electron chi connectivity index (χ0n) is 12.8. The maximum Gasteiger partial charge on any atom is 0.290 e. The number of carbonyl (C=O) groups excluding carboxylic acids is 1. The standard InChI is InChI=1S/C14H16N6O3/c1-9-5-13(15-7-12(9)20(22)23)17-11-3-4-19(14(11)21)10-6-16-18(2)8-10/h5-8,11H,3-4H2,1-2H3,(H,15,17). The molecule has 0 aliphatic carbocycles. The van der Waals surface area contributed by atoms with Crippen molar-refractivity contribution in [3.05, 3.63) is 40.3 Å². The minimum atomic E-state index is -0.475. The molecule has 9 nitrogen and oxygen atoms in total. The van der Waals surface area contributed by atoms with Gasteiger partial charge in [0.05, 0.1) is 16.8 Å². The fourth-order valence-corrected chi connectivity index (χ4v) is 2.62. The number of carbonyl (C=O) groups is 1. The SMILES string of the molecule is Cc1cc(NC2CCN(c3cnn(C)c3)C2=O)ncc1[N+](=O)[O-]. The predicted octanol–water partition coefficient (Wildman–Crippen LogP) is 1.25. The molecule has 1 fully saturated rings. The highest BCUT2D eigenvalue weighted by Crippen LogP contribution is 2.24. The number of nitrogens with one attached hydrogen (secondary N) is 1. The first kappa shape index (κ1) is 14.9. The quantitative estimate of drug-likeness (QED) is 0.672. The van der Waals surface area contributed by atoms with Gasteiger partial charge < -0.3 is 10.2 Å². The summed E-state index contributed by atoms with van der Waals surface area (Å²) in [5.41, 5.74) is 1.22. The lowest BCUT2D eigenvalue weighted by Gasteiger charge is -2.15. The van der Waals surface area contributed by atoms with Gasteiger partial charge in [-0.2, -0.15) is 5.10 Å². The molecule has 2 aromatic rings. The molecule has 1 aliphatic rings. The number of nitrogens with zero attached hydrogens (tertiary/aromatic N) is 5. The third kappa shape index (κ3) is 2.85. The van der Waals surface area contributed by atoms with Gasteiger partial charge >= 0.3 is 0 Å². The summed E-state index contributed by atoms with van der Waals surface area (Å²) in [6.07, 6.45) is 5.27. The molecule has 0 aromatic carbocycles. The van der Waals surface area contributed by atoms with E-state index in [1.807, 2.05) is 0 Å². The van der Waals surface area contributed by atoms with Crippen LogP contribution in [0.15, 0.2) is 24.7 Å². The number of rotatable bonds is 4. The van der Waals surface area contributed by atoms with E-state index >= 15 is 0 Å². The topological polar surface area (TPSA) is 106 Å². The van der Waals surface area contributed by atoms with E-state index in [9.17, 15) is 14.9 Å². The Hall–Kier alpha value is -2.97. The van der Waals surface area contributed by atoms with Gasteiger partial charge in [-0.05, 0) is 19.4 Å². The first-order chi connectivity index (χ1) is 11.0. The fourth-order valence-electron chi connectivity index (χ4n) is 2.62. The van der Waals surface area contributed by atoms with Crippen LogP contribution < -0.4 is 10.2 Å². The normalized spacial score (nSPS) is 17.6. The highest BCUT2D eigenvalue weighted by molar-refractivity contribution is 6.00. The Kier molecular flexibility index (Phi) is 3.68. The molecule has 0 spiro atoms. The first-order valence-corrected chi connectivity index (χ1v) is 7.13. The Bertz CT molecular complexity index is 772. The third-order valence-corrected chi connectivity index (χ3v) is 3.81. The molecule has 1 unspecified atom stereocenters. The lowest BCUT2D eigenvalue weighted by molar-refractivity contribution is -0.385. The van der Waals surface area contributed by atoms with Crippen molar-refractivity contribution in [1.29, 1.82) is 0 Å². The molecule has 1 aliphatic heterocycles. The van der Waals surface area contributed by atoms with E-state index in [-0.39, 0.29) is 11.6 Å². The largest absolute Gasteiger partial charge is 0.358 e. The number of aryl methyl sites for hydroxylation is 2. The van der Waals surface area contributed by atoms with Crippen molar-refractivity contribution in [2.24, 2.45) is 7.05 Å². The van der Waals surface area contributed by atoms with Crippen LogP contribution in [0.25, 0.3) is 0 Å². The van der Waals surface area contributed by atoms with E-state index in [4.69, 9.17) is 0 Å². The molecule has 0 saturated carbocycles. The highest BCUT2D eigenvalue weighted by atomic mass is 16.6. The van der Waals surface area contributed by atoms with Crippen LogP contribution in [0.3, 0.4) is 0 Å². The van der Waals surface area contributed by atoms with Crippen LogP contribution in [0.1, 0.15) is 12.0 Å². The molecule has 0 bridgehead atoms. The molecular formula is C14H16N6O3. The van der Waals surface area contributed by atoms with Crippen LogP contribution in [0, 0.1) is 17.0 Å². The summed E-state index contributed by atoms with van der Waals surface area (Å²) in [7, 11) is 1.79. The molecule has 9 heteroatoms. The molecule has 0 radical (unpaired) electrons. The second kappa shape index (κ2) is 5.67. The van der Waals surface area contributed by atoms with E-state index in [1.165, 1.54) is 6.20 Å². The van der Waals surface area contributed by atoms with Crippen molar-refractivity contribution in [1.82, 2.24) is 14.8 Å². The van der Waals surface area contributed by atoms with Crippen molar-refractivity contribution < 1.29 is 9.72 Å². The summed E-state index contributed by atoms with van der Waals surface area (Å²) in [5, 5.41) is 17.9. The average molecular weight is 316 g/mol. The van der Waals surface area contributed by atoms with E-state index in [0.717, 1.165) is 5.69 Å². The number of aromatic nitrogens is 3. The van der Waals surface area contributed by atoms with Gasteiger partial charge in [-0.1, -0.05) is 0 Å². The second-order valence-electron chi connectivity index (χ2n) is 5.46. The summed E-state index contributed by atoms with van der Waals surface area (Å²) in [5.74, 6) is 0.398. The fraction of sp³-hybridized carbons (Fsp3) is 0.357. The van der Waals surface area contributed by atoms with Gasteiger partial charge in [-0.25, -0.2) is 4.98 Å². The molecule has 120 valence electrons. The van der Waals surface area contributed by atoms with Gasteiger partial charge in [0.1, 0.15) is 18.1 Å². The number of hydrogen-bond donors (Lipinski definition) is 1. The van der Waals surface area contributed by atoms with Crippen LogP contribution >= 0.6 is 0 Å². The number of hydrogen-bond acceptors (Lipinski definition) is 6. The molecule has 1 N–H and O–H groups in total. The molecule has 3 rings (SSSR count). The Balaban J connectivity index is 1.73. The molecule has 23 heavy (non-hydrogen) atoms. The van der Waals surface area contributed by atoms with Crippen molar-refractivity contribution in [2.45, 2.75) is 19.4 Å². The average Bonchev–Trinajstić information content (AvgIpc) is 3.06. The van der Waals surface area contributed by atoms with Gasteiger partial charge in [0, 0.05) is 25.4 Å². The first-order valence-electron chi connectivity index (χ1n) is 7.13. The molecular weight excluding hydrogens is 300 g/mol. The maximum atomic E-state index is 12.5. The highest BCUT2D eigenvalue weighted by Gasteiger charge is 2.33. The summed E-state index contributed by atoms with van der Waals surface area (Å²) in [4.78, 5) is 28.5. The van der Waals surface area contributed by atoms with E-state index in [2.05, 4.69) is 15.4 Å². The van der Waals surface area contributed by atoms with Crippen LogP contribution in [0.4, 0.5) is 17.2 Å². The van der Waals surface area contributed by atoms with Gasteiger partial charge in [-0.15, -0.1) is 0 Å². The summed E-state index contributed by atoms with van der Waals surface area (Å²) in [6, 6.07) is 1.18. The third-order valence-electron chi connectivity index (χ3n) is 3.81. The van der Waals surface area contributed by atoms with Crippen LogP contribution in [-0.2, 0) is 11.8 Å². The molecule has 1 saturated heterocycles. The van der Waals surface area contributed by atoms with E-state index in [1.54, 1.807) is 42.0 Å². The monoisotopic (exact) mass is 316 g/mol. The number of pyridine rings is 1. The lowest BCUT2D eigenvalue weighted by atomic mass is 10.2. The maximum absolute atomic E-state index is 12.5. The van der Waals surface area contributed by atoms with Gasteiger partial charge in [0.2, 0.25) is 5.91 Å². The zero-order chi connectivity index (χ0) is 16.6. The predicted molar refractivity (Wildman–Crippen MR) is 83.2 cm³/mol. The summed E-state index contributed by atoms with van der Waals surface area (Å²) < 4.78 is 1.64. The van der Waals surface area contributed by atoms with E-state index < -0.39 is 11.0 Å². The molecule has 1 amide bonds. The second-order valence-corrected chi connectivity index (χ2v) is 5.46. The Labute approximate surface area is 132 Å². The smallest absolute Gasteiger partial charge is 0.290 e. The van der Waals surface area contributed by atoms with Gasteiger partial charge in [-0.3, -0.25) is 19.6 Å². The number of anilines is 2. The van der Waals surface area contributed by atoms with Gasteiger partial charge in [0.15, 0.2) is 0 Å². The van der Waals surface area contributed by atoms with Crippen molar-refractivity contribution >= 4 is 23.1 Å². The number of amides is 1. The van der Waals surface area contributed by atoms with Crippen molar-refractivity contribution in [2.75, 3.05) is 16.8 Å². The Morgan fingerprint density at radius 3 is 2.83 bits per heavy atom. The van der Waals surface area contributed by atoms with E-state index in [0.29, 0.717) is 24.3 Å². The summed E-state index contributed by atoms with van der Waals surface area (Å²) in [6.45, 7) is 2.23. The summed E-state index contributed by atoms with van der Waals surface area (Å²) >= 11 is 0.